The Hall–Kier alpha value is -2.19. The highest BCUT2D eigenvalue weighted by atomic mass is 31.2. The molecule has 6 atom stereocenters. The van der Waals surface area contributed by atoms with Crippen molar-refractivity contribution >= 4 is 19.8 Å². The Bertz CT molecular complexity index is 1140. The molecular weight excluding hydrogens is 743 g/mol. The number of phosphoric acid groups is 1. The summed E-state index contributed by atoms with van der Waals surface area (Å²) in [4.78, 5) is 35.0. The second-order valence-electron chi connectivity index (χ2n) is 14.7. The zero-order valence-corrected chi connectivity index (χ0v) is 35.2. The van der Waals surface area contributed by atoms with Gasteiger partial charge in [0.05, 0.1) is 38.1 Å². The van der Waals surface area contributed by atoms with E-state index in [1.807, 2.05) is 0 Å². The van der Waals surface area contributed by atoms with Crippen LogP contribution in [0.3, 0.4) is 0 Å². The summed E-state index contributed by atoms with van der Waals surface area (Å²) >= 11 is 0. The predicted molar refractivity (Wildman–Crippen MR) is 218 cm³/mol. The molecule has 0 bridgehead atoms. The maximum atomic E-state index is 12.6. The zero-order valence-electron chi connectivity index (χ0n) is 34.3. The number of carbonyl (C=O) groups is 2. The Morgan fingerprint density at radius 3 is 1.77 bits per heavy atom. The highest BCUT2D eigenvalue weighted by Gasteiger charge is 2.27. The molecule has 0 saturated heterocycles. The number of esters is 2. The van der Waals surface area contributed by atoms with Crippen LogP contribution in [0.15, 0.2) is 48.6 Å². The first-order chi connectivity index (χ1) is 26.8. The van der Waals surface area contributed by atoms with Crippen LogP contribution in [-0.2, 0) is 32.7 Å². The fourth-order valence-electron chi connectivity index (χ4n) is 5.38. The van der Waals surface area contributed by atoms with Gasteiger partial charge in [0.2, 0.25) is 0 Å². The molecule has 0 radical (unpaired) electrons. The van der Waals surface area contributed by atoms with Gasteiger partial charge in [-0.15, -0.1) is 0 Å². The van der Waals surface area contributed by atoms with E-state index >= 15 is 0 Å². The molecule has 0 amide bonds. The zero-order chi connectivity index (χ0) is 41.9. The summed E-state index contributed by atoms with van der Waals surface area (Å²) in [6, 6.07) is 0. The Balaban J connectivity index is 4.66. The summed E-state index contributed by atoms with van der Waals surface area (Å²) in [5.74, 6) is -0.495. The summed E-state index contributed by atoms with van der Waals surface area (Å²) < 4.78 is 32.4. The van der Waals surface area contributed by atoms with Crippen molar-refractivity contribution in [3.63, 3.8) is 0 Å². The first-order valence-electron chi connectivity index (χ1n) is 20.8. The molecule has 14 heteroatoms. The molecule has 0 rings (SSSR count). The van der Waals surface area contributed by atoms with Gasteiger partial charge >= 0.3 is 19.8 Å². The third-order valence-electron chi connectivity index (χ3n) is 8.78. The van der Waals surface area contributed by atoms with Crippen molar-refractivity contribution in [3.8, 4) is 0 Å². The van der Waals surface area contributed by atoms with Gasteiger partial charge in [0.1, 0.15) is 12.7 Å². The Kier molecular flexibility index (Phi) is 34.5. The van der Waals surface area contributed by atoms with Crippen molar-refractivity contribution in [1.29, 1.82) is 0 Å². The lowest BCUT2D eigenvalue weighted by Crippen LogP contribution is -2.30. The van der Waals surface area contributed by atoms with Gasteiger partial charge in [-0.1, -0.05) is 153 Å². The monoisotopic (exact) mass is 818 g/mol. The van der Waals surface area contributed by atoms with E-state index in [2.05, 4.69) is 25.3 Å². The fourth-order valence-corrected chi connectivity index (χ4v) is 6.17. The summed E-state index contributed by atoms with van der Waals surface area (Å²) in [6.07, 6.45) is 24.6. The predicted octanol–water partition coefficient (Wildman–Crippen LogP) is 7.32. The molecule has 0 fully saturated rings. The molecule has 13 nitrogen and oxygen atoms in total. The van der Waals surface area contributed by atoms with Crippen LogP contribution >= 0.6 is 7.82 Å². The molecule has 0 aromatic carbocycles. The maximum Gasteiger partial charge on any atom is 0.472 e. The number of hydrogen-bond donors (Lipinski definition) is 6. The van der Waals surface area contributed by atoms with Crippen LogP contribution in [0.4, 0.5) is 0 Å². The second-order valence-corrected chi connectivity index (χ2v) is 16.2. The molecule has 1 unspecified atom stereocenters. The number of hydrogen-bond acceptors (Lipinski definition) is 12. The number of ether oxygens (including phenoxy) is 2. The molecular formula is C42H75O13P. The molecule has 0 aromatic heterocycles. The van der Waals surface area contributed by atoms with Crippen molar-refractivity contribution in [3.05, 3.63) is 48.6 Å². The van der Waals surface area contributed by atoms with Gasteiger partial charge in [-0.05, 0) is 31.6 Å². The molecule has 6 N–H and O–H groups in total. The number of allylic oxidation sites excluding steroid dienone is 6. The van der Waals surface area contributed by atoms with E-state index in [1.54, 1.807) is 42.5 Å². The lowest BCUT2D eigenvalue weighted by Gasteiger charge is -2.20. The SMILES string of the molecule is CCCCC[C@@H](O)/C=C/C=C\C=C\C=C\[C@@H](O)[C@H](O)CCCC(=O)OC[C@H](COP(=O)(O)OC[C@@H](O)CO)OC(=O)CCCCCCCCCCCCC(C)C. The lowest BCUT2D eigenvalue weighted by atomic mass is 10.0. The minimum atomic E-state index is -4.70. The number of rotatable bonds is 37. The van der Waals surface area contributed by atoms with E-state index < -0.39 is 76.7 Å². The second kappa shape index (κ2) is 35.9. The first-order valence-corrected chi connectivity index (χ1v) is 22.3. The van der Waals surface area contributed by atoms with Gasteiger partial charge in [0.25, 0.3) is 0 Å². The van der Waals surface area contributed by atoms with Gasteiger partial charge in [0, 0.05) is 12.8 Å². The van der Waals surface area contributed by atoms with Crippen LogP contribution in [0, 0.1) is 5.92 Å². The van der Waals surface area contributed by atoms with Crippen molar-refractivity contribution < 1.29 is 63.1 Å². The average Bonchev–Trinajstić information content (AvgIpc) is 3.16. The lowest BCUT2D eigenvalue weighted by molar-refractivity contribution is -0.161. The third-order valence-corrected chi connectivity index (χ3v) is 9.73. The normalized spacial score (nSPS) is 16.2. The van der Waals surface area contributed by atoms with E-state index in [4.69, 9.17) is 19.1 Å². The number of aliphatic hydroxyl groups is 5. The Labute approximate surface area is 336 Å². The van der Waals surface area contributed by atoms with Gasteiger partial charge in [-0.25, -0.2) is 4.57 Å². The van der Waals surface area contributed by atoms with E-state index in [0.717, 1.165) is 57.3 Å². The Morgan fingerprint density at radius 1 is 0.625 bits per heavy atom. The highest BCUT2D eigenvalue weighted by molar-refractivity contribution is 7.47. The van der Waals surface area contributed by atoms with E-state index in [1.165, 1.54) is 44.6 Å². The van der Waals surface area contributed by atoms with E-state index in [9.17, 15) is 39.5 Å². The summed E-state index contributed by atoms with van der Waals surface area (Å²) in [7, 11) is -4.70. The summed E-state index contributed by atoms with van der Waals surface area (Å²) in [6.45, 7) is 4.15. The Morgan fingerprint density at radius 2 is 1.16 bits per heavy atom. The van der Waals surface area contributed by atoms with Gasteiger partial charge in [-0.2, -0.15) is 0 Å². The number of carbonyl (C=O) groups excluding carboxylic acids is 2. The van der Waals surface area contributed by atoms with E-state index in [0.29, 0.717) is 6.42 Å². The van der Waals surface area contributed by atoms with Gasteiger partial charge in [-0.3, -0.25) is 18.6 Å². The molecule has 0 aliphatic heterocycles. The van der Waals surface area contributed by atoms with Gasteiger partial charge < -0.3 is 39.9 Å². The number of unbranched alkanes of at least 4 members (excludes halogenated alkanes) is 11. The minimum absolute atomic E-state index is 0.0975. The standard InChI is InChI=1S/C42H75O13P/c1-4-5-18-25-36(44)26-20-15-12-13-16-21-27-39(46)40(47)28-23-30-41(48)52-33-38(34-54-56(50,51)53-32-37(45)31-43)55-42(49)29-22-17-11-9-7-6-8-10-14-19-24-35(2)3/h12-13,15-16,20-21,26-27,35-40,43-47H,4-11,14,17-19,22-25,28-34H2,1-3H3,(H,50,51)/b15-12-,16-13+,26-20+,27-21+/t36-,37+,38-,39-,40-/m1/s1. The number of phosphoric ester groups is 1. The van der Waals surface area contributed by atoms with Crippen LogP contribution < -0.4 is 0 Å². The third kappa shape index (κ3) is 35.0. The molecule has 0 aromatic rings. The van der Waals surface area contributed by atoms with Crippen molar-refractivity contribution in [1.82, 2.24) is 0 Å². The first kappa shape index (κ1) is 53.8. The largest absolute Gasteiger partial charge is 0.472 e. The summed E-state index contributed by atoms with van der Waals surface area (Å²) in [5.41, 5.74) is 0. The van der Waals surface area contributed by atoms with Crippen molar-refractivity contribution in [2.24, 2.45) is 5.92 Å². The van der Waals surface area contributed by atoms with E-state index in [-0.39, 0.29) is 25.7 Å². The topological polar surface area (TPSA) is 210 Å². The van der Waals surface area contributed by atoms with Crippen LogP contribution in [0.25, 0.3) is 0 Å². The van der Waals surface area contributed by atoms with Crippen LogP contribution in [0.5, 0.6) is 0 Å². The molecule has 326 valence electrons. The van der Waals surface area contributed by atoms with Crippen LogP contribution in [0.2, 0.25) is 0 Å². The van der Waals surface area contributed by atoms with Crippen LogP contribution in [0.1, 0.15) is 143 Å². The number of aliphatic hydroxyl groups excluding tert-OH is 5. The molecule has 0 aliphatic rings. The molecule has 56 heavy (non-hydrogen) atoms. The molecule has 0 heterocycles. The quantitative estimate of drug-likeness (QED) is 0.0157. The molecule has 0 spiro atoms. The summed E-state index contributed by atoms with van der Waals surface area (Å²) in [5, 5.41) is 48.7. The fraction of sp³-hybridized carbons (Fsp3) is 0.762. The molecule has 0 aliphatic carbocycles. The maximum absolute atomic E-state index is 12.6. The van der Waals surface area contributed by atoms with Crippen molar-refractivity contribution in [2.45, 2.75) is 173 Å². The molecule has 0 saturated carbocycles. The minimum Gasteiger partial charge on any atom is -0.462 e. The highest BCUT2D eigenvalue weighted by Crippen LogP contribution is 2.43. The van der Waals surface area contributed by atoms with Crippen LogP contribution in [-0.4, -0.2) is 99.3 Å². The average molecular weight is 819 g/mol. The smallest absolute Gasteiger partial charge is 0.462 e. The van der Waals surface area contributed by atoms with Crippen molar-refractivity contribution in [2.75, 3.05) is 26.4 Å². The van der Waals surface area contributed by atoms with Gasteiger partial charge in [0.15, 0.2) is 6.10 Å².